The van der Waals surface area contributed by atoms with E-state index in [0.717, 1.165) is 37.9 Å². The maximum Gasteiger partial charge on any atom is 0.289 e. The molecule has 4 fully saturated rings. The zero-order chi connectivity index (χ0) is 19.1. The summed E-state index contributed by atoms with van der Waals surface area (Å²) >= 11 is 0. The van der Waals surface area contributed by atoms with Crippen molar-refractivity contribution >= 4 is 22.8 Å². The van der Waals surface area contributed by atoms with Gasteiger partial charge in [0.2, 0.25) is 0 Å². The summed E-state index contributed by atoms with van der Waals surface area (Å²) in [6, 6.07) is 3.50. The van der Waals surface area contributed by atoms with Gasteiger partial charge in [-0.15, -0.1) is 0 Å². The molecule has 2 amide bonds. The number of carbonyl (C=O) groups is 2. The summed E-state index contributed by atoms with van der Waals surface area (Å²) in [5.41, 5.74) is 0.828. The molecule has 6 heterocycles. The number of fused-ring (bicyclic) bond motifs is 4. The van der Waals surface area contributed by atoms with Crippen LogP contribution in [0, 0.1) is 5.92 Å². The van der Waals surface area contributed by atoms with Gasteiger partial charge in [-0.05, 0) is 37.9 Å². The number of aromatic nitrogens is 1. The summed E-state index contributed by atoms with van der Waals surface area (Å²) in [5, 5.41) is 3.86. The predicted octanol–water partition coefficient (Wildman–Crippen LogP) is 1.12. The van der Waals surface area contributed by atoms with E-state index in [4.69, 9.17) is 9.15 Å². The Bertz CT molecular complexity index is 897. The van der Waals surface area contributed by atoms with Gasteiger partial charge in [-0.25, -0.2) is 0 Å². The SMILES string of the molecule is O=C(N[C@H]1CN2CCC1CC2)c1cc2oc(C(=O)N3CCOCC3)cc2cn1. The highest BCUT2D eigenvalue weighted by molar-refractivity contribution is 5.98. The first-order valence-corrected chi connectivity index (χ1v) is 9.97. The van der Waals surface area contributed by atoms with E-state index >= 15 is 0 Å². The van der Waals surface area contributed by atoms with Gasteiger partial charge < -0.3 is 24.3 Å². The molecule has 2 aromatic rings. The monoisotopic (exact) mass is 384 g/mol. The molecule has 0 aliphatic carbocycles. The molecule has 148 valence electrons. The number of nitrogens with one attached hydrogen (secondary N) is 1. The number of carbonyl (C=O) groups excluding carboxylic acids is 2. The number of amides is 2. The van der Waals surface area contributed by atoms with Crippen LogP contribution in [0.5, 0.6) is 0 Å². The summed E-state index contributed by atoms with van der Waals surface area (Å²) in [6.45, 7) is 5.37. The predicted molar refractivity (Wildman–Crippen MR) is 101 cm³/mol. The second kappa shape index (κ2) is 7.18. The van der Waals surface area contributed by atoms with Crippen molar-refractivity contribution in [2.24, 2.45) is 5.92 Å². The van der Waals surface area contributed by atoms with Gasteiger partial charge in [-0.1, -0.05) is 0 Å². The van der Waals surface area contributed by atoms with Gasteiger partial charge in [0.15, 0.2) is 5.76 Å². The fraction of sp³-hybridized carbons (Fsp3) is 0.550. The lowest BCUT2D eigenvalue weighted by molar-refractivity contribution is 0.0284. The van der Waals surface area contributed by atoms with E-state index in [9.17, 15) is 9.59 Å². The number of piperidine rings is 3. The summed E-state index contributed by atoms with van der Waals surface area (Å²) in [4.78, 5) is 33.7. The molecule has 4 aliphatic heterocycles. The van der Waals surface area contributed by atoms with E-state index in [1.165, 1.54) is 0 Å². The summed E-state index contributed by atoms with van der Waals surface area (Å²) in [7, 11) is 0. The average Bonchev–Trinajstić information content (AvgIpc) is 3.18. The lowest BCUT2D eigenvalue weighted by Crippen LogP contribution is -2.57. The lowest BCUT2D eigenvalue weighted by Gasteiger charge is -2.44. The van der Waals surface area contributed by atoms with Crippen LogP contribution < -0.4 is 5.32 Å². The van der Waals surface area contributed by atoms with Crippen LogP contribution in [0.25, 0.3) is 11.0 Å². The lowest BCUT2D eigenvalue weighted by atomic mass is 9.84. The average molecular weight is 384 g/mol. The minimum absolute atomic E-state index is 0.155. The van der Waals surface area contributed by atoms with Crippen molar-refractivity contribution in [2.45, 2.75) is 18.9 Å². The maximum absolute atomic E-state index is 12.7. The number of hydrogen-bond donors (Lipinski definition) is 1. The Kier molecular flexibility index (Phi) is 4.52. The molecular weight excluding hydrogens is 360 g/mol. The summed E-state index contributed by atoms with van der Waals surface area (Å²) in [5.74, 6) is 0.489. The Morgan fingerprint density at radius 3 is 2.61 bits per heavy atom. The van der Waals surface area contributed by atoms with E-state index in [1.807, 2.05) is 0 Å². The Balaban J connectivity index is 1.32. The molecule has 0 saturated carbocycles. The maximum atomic E-state index is 12.7. The van der Waals surface area contributed by atoms with Crippen LogP contribution in [0.1, 0.15) is 33.9 Å². The fourth-order valence-electron chi connectivity index (χ4n) is 4.46. The molecule has 0 radical (unpaired) electrons. The van der Waals surface area contributed by atoms with Gasteiger partial charge in [-0.3, -0.25) is 14.6 Å². The second-order valence-corrected chi connectivity index (χ2v) is 7.84. The highest BCUT2D eigenvalue weighted by Crippen LogP contribution is 2.28. The highest BCUT2D eigenvalue weighted by Gasteiger charge is 2.35. The molecule has 1 N–H and O–H groups in total. The number of rotatable bonds is 3. The smallest absolute Gasteiger partial charge is 0.289 e. The van der Waals surface area contributed by atoms with Crippen molar-refractivity contribution in [2.75, 3.05) is 45.9 Å². The molecule has 4 aliphatic rings. The number of pyridine rings is 1. The number of nitrogens with zero attached hydrogens (tertiary/aromatic N) is 3. The van der Waals surface area contributed by atoms with Gasteiger partial charge in [-0.2, -0.15) is 0 Å². The third-order valence-corrected chi connectivity index (χ3v) is 6.12. The van der Waals surface area contributed by atoms with Crippen LogP contribution in [-0.2, 0) is 4.74 Å². The van der Waals surface area contributed by atoms with Crippen LogP contribution in [0.2, 0.25) is 0 Å². The molecule has 0 unspecified atom stereocenters. The molecule has 1 atom stereocenters. The van der Waals surface area contributed by atoms with E-state index in [2.05, 4.69) is 15.2 Å². The normalized spacial score (nSPS) is 27.1. The number of hydrogen-bond acceptors (Lipinski definition) is 6. The molecule has 0 spiro atoms. The van der Waals surface area contributed by atoms with Crippen LogP contribution in [-0.4, -0.2) is 78.6 Å². The van der Waals surface area contributed by atoms with Crippen molar-refractivity contribution < 1.29 is 18.7 Å². The van der Waals surface area contributed by atoms with E-state index < -0.39 is 0 Å². The van der Waals surface area contributed by atoms with Gasteiger partial charge in [0, 0.05) is 43.3 Å². The molecule has 2 aromatic heterocycles. The fourth-order valence-corrected chi connectivity index (χ4v) is 4.46. The Hall–Kier alpha value is -2.45. The summed E-state index contributed by atoms with van der Waals surface area (Å²) in [6.07, 6.45) is 3.88. The zero-order valence-electron chi connectivity index (χ0n) is 15.7. The first-order valence-electron chi connectivity index (χ1n) is 9.97. The largest absolute Gasteiger partial charge is 0.451 e. The van der Waals surface area contributed by atoms with Crippen LogP contribution in [0.3, 0.4) is 0 Å². The van der Waals surface area contributed by atoms with Gasteiger partial charge in [0.05, 0.1) is 13.2 Å². The van der Waals surface area contributed by atoms with E-state index in [1.54, 1.807) is 23.2 Å². The number of furan rings is 1. The molecule has 28 heavy (non-hydrogen) atoms. The third-order valence-electron chi connectivity index (χ3n) is 6.12. The van der Waals surface area contributed by atoms with Crippen molar-refractivity contribution in [1.82, 2.24) is 20.1 Å². The van der Waals surface area contributed by atoms with E-state index in [-0.39, 0.29) is 23.6 Å². The van der Waals surface area contributed by atoms with Crippen molar-refractivity contribution in [1.29, 1.82) is 0 Å². The number of ether oxygens (including phenoxy) is 1. The van der Waals surface area contributed by atoms with Crippen LogP contribution in [0.4, 0.5) is 0 Å². The third kappa shape index (κ3) is 3.27. The first-order chi connectivity index (χ1) is 13.7. The minimum Gasteiger partial charge on any atom is -0.451 e. The Morgan fingerprint density at radius 1 is 1.11 bits per heavy atom. The minimum atomic E-state index is -0.182. The molecular formula is C20H24N4O4. The molecule has 6 rings (SSSR count). The van der Waals surface area contributed by atoms with Gasteiger partial charge in [0.25, 0.3) is 11.8 Å². The molecule has 8 nitrogen and oxygen atoms in total. The quantitative estimate of drug-likeness (QED) is 0.853. The molecule has 0 aromatic carbocycles. The highest BCUT2D eigenvalue weighted by atomic mass is 16.5. The standard InChI is InChI=1S/C20H24N4O4/c25-19(22-16-12-23-3-1-13(16)2-4-23)15-10-17-14(11-21-15)9-18(28-17)20(26)24-5-7-27-8-6-24/h9-11,13,16H,1-8,12H2,(H,22,25)/t16-/m0/s1. The van der Waals surface area contributed by atoms with E-state index in [0.29, 0.717) is 43.5 Å². The van der Waals surface area contributed by atoms with Crippen molar-refractivity contribution in [3.8, 4) is 0 Å². The van der Waals surface area contributed by atoms with Gasteiger partial charge >= 0.3 is 0 Å². The Morgan fingerprint density at radius 2 is 1.89 bits per heavy atom. The van der Waals surface area contributed by atoms with Crippen LogP contribution in [0.15, 0.2) is 22.7 Å². The first kappa shape index (κ1) is 17.6. The van der Waals surface area contributed by atoms with Crippen molar-refractivity contribution in [3.05, 3.63) is 29.8 Å². The summed E-state index contributed by atoms with van der Waals surface area (Å²) < 4.78 is 11.0. The molecule has 8 heteroatoms. The second-order valence-electron chi connectivity index (χ2n) is 7.84. The van der Waals surface area contributed by atoms with Crippen LogP contribution >= 0.6 is 0 Å². The van der Waals surface area contributed by atoms with Gasteiger partial charge in [0.1, 0.15) is 11.3 Å². The molecule has 4 saturated heterocycles. The number of morpholine rings is 1. The molecule has 2 bridgehead atoms. The zero-order valence-corrected chi connectivity index (χ0v) is 15.7. The topological polar surface area (TPSA) is 87.9 Å². The Labute approximate surface area is 162 Å². The van der Waals surface area contributed by atoms with Crippen molar-refractivity contribution in [3.63, 3.8) is 0 Å².